The van der Waals surface area contributed by atoms with Gasteiger partial charge in [0.2, 0.25) is 0 Å². The molecule has 1 aromatic carbocycles. The summed E-state index contributed by atoms with van der Waals surface area (Å²) in [5.41, 5.74) is 8.69. The zero-order chi connectivity index (χ0) is 22.7. The minimum atomic E-state index is -0.147. The van der Waals surface area contributed by atoms with Crippen molar-refractivity contribution in [3.05, 3.63) is 63.3 Å². The lowest BCUT2D eigenvalue weighted by Crippen LogP contribution is -1.99. The van der Waals surface area contributed by atoms with Crippen LogP contribution in [-0.4, -0.2) is 18.2 Å². The second-order valence-corrected chi connectivity index (χ2v) is 8.44. The van der Waals surface area contributed by atoms with Crippen LogP contribution in [0.1, 0.15) is 81.5 Å². The Kier molecular flexibility index (Phi) is 11.2. The highest BCUT2D eigenvalue weighted by Crippen LogP contribution is 2.27. The summed E-state index contributed by atoms with van der Waals surface area (Å²) in [6, 6.07) is 1.91. The number of esters is 1. The molecule has 0 atom stereocenters. The topological polar surface area (TPSA) is 46.5 Å². The van der Waals surface area contributed by atoms with Crippen LogP contribution in [0.5, 0.6) is 5.75 Å². The van der Waals surface area contributed by atoms with Crippen LogP contribution >= 0.6 is 0 Å². The van der Waals surface area contributed by atoms with E-state index in [1.54, 1.807) is 0 Å². The highest BCUT2D eigenvalue weighted by atomic mass is 16.5. The molecule has 1 aromatic rings. The molecule has 0 radical (unpaired) electrons. The van der Waals surface area contributed by atoms with Gasteiger partial charge in [0.15, 0.2) is 0 Å². The standard InChI is InChI=1S/C27H40O3/c1-19(11-9-13-21(3)15-17-27(29)30-7)10-8-12-20(2)14-16-25-18-26(28)24(6)22(4)23(25)5/h10,13-14,18,28H,8-9,11-12,15-17H2,1-7H3/b19-10+,20-14?,21-13+. The molecule has 0 saturated heterocycles. The fourth-order valence-electron chi connectivity index (χ4n) is 3.39. The van der Waals surface area contributed by atoms with Crippen molar-refractivity contribution in [3.63, 3.8) is 0 Å². The van der Waals surface area contributed by atoms with Crippen molar-refractivity contribution in [3.8, 4) is 5.75 Å². The lowest BCUT2D eigenvalue weighted by Gasteiger charge is -2.12. The first kappa shape index (κ1) is 25.7. The summed E-state index contributed by atoms with van der Waals surface area (Å²) in [5.74, 6) is 0.249. The number of ether oxygens (including phenoxy) is 1. The van der Waals surface area contributed by atoms with E-state index in [4.69, 9.17) is 0 Å². The summed E-state index contributed by atoms with van der Waals surface area (Å²) >= 11 is 0. The molecule has 1 N–H and O–H groups in total. The number of carbonyl (C=O) groups excluding carboxylic acids is 1. The van der Waals surface area contributed by atoms with Gasteiger partial charge in [-0.3, -0.25) is 4.79 Å². The zero-order valence-electron chi connectivity index (χ0n) is 20.0. The quantitative estimate of drug-likeness (QED) is 0.308. The van der Waals surface area contributed by atoms with Crippen LogP contribution in [0, 0.1) is 20.8 Å². The van der Waals surface area contributed by atoms with Crippen LogP contribution in [0.2, 0.25) is 0 Å². The van der Waals surface area contributed by atoms with E-state index in [9.17, 15) is 9.90 Å². The van der Waals surface area contributed by atoms with Gasteiger partial charge in [-0.25, -0.2) is 0 Å². The van der Waals surface area contributed by atoms with E-state index in [1.807, 2.05) is 13.0 Å². The Hall–Kier alpha value is -2.29. The van der Waals surface area contributed by atoms with Crippen molar-refractivity contribution in [2.24, 2.45) is 0 Å². The minimum absolute atomic E-state index is 0.147. The van der Waals surface area contributed by atoms with E-state index < -0.39 is 0 Å². The highest BCUT2D eigenvalue weighted by Gasteiger charge is 2.08. The lowest BCUT2D eigenvalue weighted by molar-refractivity contribution is -0.140. The fourth-order valence-corrected chi connectivity index (χ4v) is 3.39. The predicted molar refractivity (Wildman–Crippen MR) is 127 cm³/mol. The number of phenols is 1. The summed E-state index contributed by atoms with van der Waals surface area (Å²) in [6.45, 7) is 12.6. The summed E-state index contributed by atoms with van der Waals surface area (Å²) < 4.78 is 4.68. The molecule has 0 heterocycles. The SMILES string of the molecule is COC(=O)CC/C(C)=C/CC/C(C)=C/CCC(C)=CCc1cc(O)c(C)c(C)c1C. The maximum atomic E-state index is 11.2. The predicted octanol–water partition coefficient (Wildman–Crippen LogP) is 7.21. The molecule has 0 amide bonds. The van der Waals surface area contributed by atoms with Crippen LogP contribution in [0.3, 0.4) is 0 Å². The molecular formula is C27H40O3. The Morgan fingerprint density at radius 2 is 1.37 bits per heavy atom. The molecule has 0 bridgehead atoms. The molecule has 166 valence electrons. The van der Waals surface area contributed by atoms with E-state index in [-0.39, 0.29) is 5.97 Å². The summed E-state index contributed by atoms with van der Waals surface area (Å²) in [7, 11) is 1.43. The molecule has 0 spiro atoms. The van der Waals surface area contributed by atoms with E-state index in [0.29, 0.717) is 12.2 Å². The van der Waals surface area contributed by atoms with E-state index in [2.05, 4.69) is 57.6 Å². The van der Waals surface area contributed by atoms with Gasteiger partial charge in [-0.2, -0.15) is 0 Å². The van der Waals surface area contributed by atoms with Crippen molar-refractivity contribution < 1.29 is 14.6 Å². The van der Waals surface area contributed by atoms with Gasteiger partial charge >= 0.3 is 5.97 Å². The van der Waals surface area contributed by atoms with Crippen molar-refractivity contribution in [1.82, 2.24) is 0 Å². The minimum Gasteiger partial charge on any atom is -0.508 e. The first-order chi connectivity index (χ1) is 14.1. The Balaban J connectivity index is 2.45. The molecule has 3 nitrogen and oxygen atoms in total. The summed E-state index contributed by atoms with van der Waals surface area (Å²) in [4.78, 5) is 11.2. The second-order valence-electron chi connectivity index (χ2n) is 8.44. The van der Waals surface area contributed by atoms with E-state index in [1.165, 1.54) is 40.5 Å². The Labute approximate surface area is 183 Å². The second kappa shape index (κ2) is 13.1. The smallest absolute Gasteiger partial charge is 0.305 e. The van der Waals surface area contributed by atoms with Crippen LogP contribution in [0.4, 0.5) is 0 Å². The molecule has 0 aliphatic heterocycles. The monoisotopic (exact) mass is 412 g/mol. The largest absolute Gasteiger partial charge is 0.508 e. The van der Waals surface area contributed by atoms with Gasteiger partial charge in [0.1, 0.15) is 5.75 Å². The fraction of sp³-hybridized carbons (Fsp3) is 0.519. The van der Waals surface area contributed by atoms with Crippen molar-refractivity contribution in [2.45, 2.75) is 86.5 Å². The van der Waals surface area contributed by atoms with Crippen molar-refractivity contribution in [1.29, 1.82) is 0 Å². The molecule has 0 saturated carbocycles. The number of hydrogen-bond donors (Lipinski definition) is 1. The number of carbonyl (C=O) groups is 1. The number of methoxy groups -OCH3 is 1. The summed E-state index contributed by atoms with van der Waals surface area (Å²) in [6.07, 6.45) is 13.1. The van der Waals surface area contributed by atoms with Gasteiger partial charge in [-0.05, 0) is 108 Å². The third-order valence-electron chi connectivity index (χ3n) is 5.99. The summed E-state index contributed by atoms with van der Waals surface area (Å²) in [5, 5.41) is 10.1. The first-order valence-corrected chi connectivity index (χ1v) is 11.0. The van der Waals surface area contributed by atoms with E-state index >= 15 is 0 Å². The van der Waals surface area contributed by atoms with Crippen molar-refractivity contribution in [2.75, 3.05) is 7.11 Å². The number of aromatic hydroxyl groups is 1. The average Bonchev–Trinajstić information content (AvgIpc) is 2.72. The molecule has 0 aliphatic rings. The molecule has 30 heavy (non-hydrogen) atoms. The molecular weight excluding hydrogens is 372 g/mol. The first-order valence-electron chi connectivity index (χ1n) is 11.0. The lowest BCUT2D eigenvalue weighted by atomic mass is 9.95. The van der Waals surface area contributed by atoms with Crippen LogP contribution < -0.4 is 0 Å². The number of rotatable bonds is 11. The number of phenolic OH excluding ortho intramolecular Hbond substituents is 1. The Bertz CT molecular complexity index is 810. The van der Waals surface area contributed by atoms with Crippen LogP contribution in [-0.2, 0) is 16.0 Å². The molecule has 0 aromatic heterocycles. The number of allylic oxidation sites excluding steroid dienone is 6. The normalized spacial score (nSPS) is 13.0. The number of hydrogen-bond acceptors (Lipinski definition) is 3. The van der Waals surface area contributed by atoms with Gasteiger partial charge in [-0.15, -0.1) is 0 Å². The molecule has 0 fully saturated rings. The van der Waals surface area contributed by atoms with Crippen LogP contribution in [0.25, 0.3) is 0 Å². The Morgan fingerprint density at radius 3 is 1.93 bits per heavy atom. The van der Waals surface area contributed by atoms with Gasteiger partial charge in [-0.1, -0.05) is 34.9 Å². The molecule has 3 heteroatoms. The Morgan fingerprint density at radius 1 is 0.833 bits per heavy atom. The van der Waals surface area contributed by atoms with Gasteiger partial charge in [0, 0.05) is 6.42 Å². The highest BCUT2D eigenvalue weighted by molar-refractivity contribution is 5.69. The molecule has 0 aliphatic carbocycles. The molecule has 1 rings (SSSR count). The van der Waals surface area contributed by atoms with Gasteiger partial charge < -0.3 is 9.84 Å². The number of benzene rings is 1. The molecule has 0 unspecified atom stereocenters. The maximum Gasteiger partial charge on any atom is 0.305 e. The van der Waals surface area contributed by atoms with Crippen LogP contribution in [0.15, 0.2) is 41.0 Å². The maximum absolute atomic E-state index is 11.2. The third kappa shape index (κ3) is 9.02. The van der Waals surface area contributed by atoms with E-state index in [0.717, 1.165) is 44.1 Å². The van der Waals surface area contributed by atoms with Gasteiger partial charge in [0.05, 0.1) is 7.11 Å². The third-order valence-corrected chi connectivity index (χ3v) is 5.99. The average molecular weight is 413 g/mol. The van der Waals surface area contributed by atoms with Crippen molar-refractivity contribution >= 4 is 5.97 Å². The van der Waals surface area contributed by atoms with Gasteiger partial charge in [0.25, 0.3) is 0 Å². The zero-order valence-corrected chi connectivity index (χ0v) is 20.0.